The lowest BCUT2D eigenvalue weighted by molar-refractivity contribution is -0.188. The van der Waals surface area contributed by atoms with E-state index in [1.165, 1.54) is 0 Å². The van der Waals surface area contributed by atoms with Gasteiger partial charge in [-0.15, -0.1) is 0 Å². The van der Waals surface area contributed by atoms with Crippen molar-refractivity contribution in [2.75, 3.05) is 6.61 Å². The summed E-state index contributed by atoms with van der Waals surface area (Å²) in [6.07, 6.45) is -1.92. The molecule has 0 fully saturated rings. The molecule has 1 unspecified atom stereocenters. The minimum Gasteiger partial charge on any atom is -0.477 e. The third-order valence-corrected chi connectivity index (χ3v) is 0.520. The Hall–Kier alpha value is -0.610. The van der Waals surface area contributed by atoms with Crippen LogP contribution >= 0.6 is 0 Å². The van der Waals surface area contributed by atoms with Gasteiger partial charge >= 0.3 is 5.97 Å². The van der Waals surface area contributed by atoms with Crippen molar-refractivity contribution in [3.63, 3.8) is 0 Å². The fraction of sp³-hybridized carbons (Fsp3) is 0.750. The molecule has 1 atom stereocenters. The van der Waals surface area contributed by atoms with Gasteiger partial charge in [0, 0.05) is 6.61 Å². The predicted molar refractivity (Wildman–Crippen MR) is 23.7 cm³/mol. The van der Waals surface area contributed by atoms with Gasteiger partial charge in [-0.2, -0.15) is 5.11 Å². The summed E-state index contributed by atoms with van der Waals surface area (Å²) in [7, 11) is 0. The largest absolute Gasteiger partial charge is 0.477 e. The Labute approximate surface area is 46.7 Å². The molecule has 0 aromatic rings. The Balaban J connectivity index is 3.32. The molecule has 0 aliphatic heterocycles. The van der Waals surface area contributed by atoms with Crippen LogP contribution in [0.2, 0.25) is 0 Å². The van der Waals surface area contributed by atoms with Crippen LogP contribution in [0.15, 0.2) is 0 Å². The van der Waals surface area contributed by atoms with Crippen LogP contribution in [-0.2, 0) is 14.6 Å². The van der Waals surface area contributed by atoms with Crippen LogP contribution in [0.25, 0.3) is 0 Å². The van der Waals surface area contributed by atoms with Gasteiger partial charge in [-0.3, -0.25) is 0 Å². The van der Waals surface area contributed by atoms with Gasteiger partial charge in [0.15, 0.2) is 0 Å². The van der Waals surface area contributed by atoms with Crippen molar-refractivity contribution in [2.45, 2.75) is 13.2 Å². The third kappa shape index (κ3) is 2.54. The molecule has 0 aromatic heterocycles. The smallest absolute Gasteiger partial charge is 0.364 e. The lowest BCUT2D eigenvalue weighted by Gasteiger charge is -1.99. The van der Waals surface area contributed by atoms with Crippen LogP contribution in [0, 0.1) is 0 Å². The quantitative estimate of drug-likeness (QED) is 0.526. The first-order valence-corrected chi connectivity index (χ1v) is 2.18. The molecule has 8 heavy (non-hydrogen) atoms. The summed E-state index contributed by atoms with van der Waals surface area (Å²) in [6, 6.07) is 0. The number of carbonyl (C=O) groups is 1. The van der Waals surface area contributed by atoms with Crippen LogP contribution < -0.4 is 0 Å². The van der Waals surface area contributed by atoms with Gasteiger partial charge in [0.2, 0.25) is 0 Å². The topological polar surface area (TPSA) is 66.4 Å². The molecule has 0 aliphatic carbocycles. The second kappa shape index (κ2) is 3.40. The van der Waals surface area contributed by atoms with Crippen molar-refractivity contribution in [2.24, 2.45) is 0 Å². The molecule has 0 aromatic carbocycles. The van der Waals surface area contributed by atoms with Gasteiger partial charge in [-0.05, 0) is 6.92 Å². The van der Waals surface area contributed by atoms with Gasteiger partial charge in [0.05, 0.1) is 0 Å². The molecule has 1 radical (unpaired) electrons. The zero-order chi connectivity index (χ0) is 6.57. The van der Waals surface area contributed by atoms with Crippen molar-refractivity contribution >= 4 is 5.97 Å². The minimum atomic E-state index is -1.92. The van der Waals surface area contributed by atoms with Crippen LogP contribution in [0.5, 0.6) is 0 Å². The molecule has 0 amide bonds. The van der Waals surface area contributed by atoms with E-state index in [9.17, 15) is 9.90 Å². The predicted octanol–water partition coefficient (Wildman–Crippen LogP) is -0.136. The number of hydrogen-bond donors (Lipinski definition) is 1. The van der Waals surface area contributed by atoms with Crippen LogP contribution in [0.4, 0.5) is 0 Å². The van der Waals surface area contributed by atoms with Crippen molar-refractivity contribution in [3.05, 3.63) is 0 Å². The zero-order valence-electron chi connectivity index (χ0n) is 4.46. The van der Waals surface area contributed by atoms with E-state index >= 15 is 0 Å². The Bertz CT molecular complexity index is 80.1. The van der Waals surface area contributed by atoms with Crippen molar-refractivity contribution in [1.82, 2.24) is 0 Å². The number of ether oxygens (including phenoxy) is 1. The first kappa shape index (κ1) is 7.39. The normalized spacial score (nSPS) is 13.2. The highest BCUT2D eigenvalue weighted by atomic mass is 16.6. The lowest BCUT2D eigenvalue weighted by Crippen LogP contribution is -2.21. The van der Waals surface area contributed by atoms with E-state index in [1.54, 1.807) is 6.92 Å². The maximum absolute atomic E-state index is 10.0. The minimum absolute atomic E-state index is 0.139. The van der Waals surface area contributed by atoms with E-state index in [4.69, 9.17) is 5.11 Å². The fourth-order valence-corrected chi connectivity index (χ4v) is 0.223. The summed E-state index contributed by atoms with van der Waals surface area (Å²) in [6.45, 7) is 1.70. The number of hydrogen-bond acceptors (Lipinski definition) is 2. The van der Waals surface area contributed by atoms with Crippen LogP contribution in [0.1, 0.15) is 6.92 Å². The molecule has 1 N–H and O–H groups in total. The van der Waals surface area contributed by atoms with E-state index in [0.717, 1.165) is 0 Å². The fourth-order valence-electron chi connectivity index (χ4n) is 0.223. The molecule has 47 valence electrons. The van der Waals surface area contributed by atoms with Crippen molar-refractivity contribution in [3.8, 4) is 0 Å². The van der Waals surface area contributed by atoms with Crippen LogP contribution in [-0.4, -0.2) is 24.0 Å². The maximum atomic E-state index is 10.0. The molecule has 0 saturated carbocycles. The summed E-state index contributed by atoms with van der Waals surface area (Å²) < 4.78 is 4.15. The summed E-state index contributed by atoms with van der Waals surface area (Å²) >= 11 is 0. The molecule has 0 spiro atoms. The summed E-state index contributed by atoms with van der Waals surface area (Å²) in [5, 5.41) is 17.9. The summed E-state index contributed by atoms with van der Waals surface area (Å²) in [4.78, 5) is 9.65. The summed E-state index contributed by atoms with van der Waals surface area (Å²) in [5.41, 5.74) is 0. The average molecular weight is 119 g/mol. The average Bonchev–Trinajstić information content (AvgIpc) is 1.67. The third-order valence-electron chi connectivity index (χ3n) is 0.520. The highest BCUT2D eigenvalue weighted by Gasteiger charge is 2.13. The molecule has 0 bridgehead atoms. The number of aliphatic carboxylic acids is 1. The highest BCUT2D eigenvalue weighted by Crippen LogP contribution is 1.84. The van der Waals surface area contributed by atoms with Gasteiger partial charge < -0.3 is 9.84 Å². The van der Waals surface area contributed by atoms with Gasteiger partial charge in [-0.1, -0.05) is 0 Å². The highest BCUT2D eigenvalue weighted by molar-refractivity contribution is 5.70. The zero-order valence-corrected chi connectivity index (χ0v) is 4.46. The monoisotopic (exact) mass is 119 g/mol. The Morgan fingerprint density at radius 3 is 2.50 bits per heavy atom. The molecular weight excluding hydrogens is 112 g/mol. The maximum Gasteiger partial charge on any atom is 0.364 e. The van der Waals surface area contributed by atoms with E-state index < -0.39 is 12.3 Å². The van der Waals surface area contributed by atoms with E-state index in [1.807, 2.05) is 0 Å². The first-order valence-electron chi connectivity index (χ1n) is 2.18. The lowest BCUT2D eigenvalue weighted by atomic mass is 10.6. The second-order valence-corrected chi connectivity index (χ2v) is 1.13. The number of carboxylic acids is 1. The standard InChI is InChI=1S/C4H7O4/c1-2-8-4(7)3(5)6/h4H,2H2,1H3,(H,5,6). The number of carboxylic acid groups (broad SMARTS) is 1. The molecule has 0 aliphatic rings. The van der Waals surface area contributed by atoms with E-state index in [-0.39, 0.29) is 6.61 Å². The van der Waals surface area contributed by atoms with E-state index in [0.29, 0.717) is 0 Å². The van der Waals surface area contributed by atoms with Gasteiger partial charge in [0.1, 0.15) is 0 Å². The molecule has 0 rings (SSSR count). The van der Waals surface area contributed by atoms with Crippen molar-refractivity contribution in [1.29, 1.82) is 0 Å². The van der Waals surface area contributed by atoms with Crippen molar-refractivity contribution < 1.29 is 19.7 Å². The Morgan fingerprint density at radius 2 is 2.38 bits per heavy atom. The first-order chi connectivity index (χ1) is 3.68. The molecule has 4 nitrogen and oxygen atoms in total. The van der Waals surface area contributed by atoms with Gasteiger partial charge in [-0.25, -0.2) is 4.79 Å². The molecular formula is C4H7O4. The van der Waals surface area contributed by atoms with Crippen LogP contribution in [0.3, 0.4) is 0 Å². The Morgan fingerprint density at radius 1 is 1.88 bits per heavy atom. The second-order valence-electron chi connectivity index (χ2n) is 1.13. The van der Waals surface area contributed by atoms with Gasteiger partial charge in [0.25, 0.3) is 6.29 Å². The molecule has 0 heterocycles. The SMILES string of the molecule is CCOC([O])C(=O)O. The van der Waals surface area contributed by atoms with E-state index in [2.05, 4.69) is 4.74 Å². The molecule has 4 heteroatoms. The summed E-state index contributed by atoms with van der Waals surface area (Å²) in [5.74, 6) is -1.47. The molecule has 0 saturated heterocycles. The number of rotatable bonds is 3. The Kier molecular flexibility index (Phi) is 3.14.